The lowest BCUT2D eigenvalue weighted by Crippen LogP contribution is -2.08. The van der Waals surface area contributed by atoms with E-state index in [9.17, 15) is 9.18 Å². The van der Waals surface area contributed by atoms with Gasteiger partial charge in [0.05, 0.1) is 6.10 Å². The van der Waals surface area contributed by atoms with E-state index in [4.69, 9.17) is 4.74 Å². The van der Waals surface area contributed by atoms with Crippen LogP contribution in [-0.4, -0.2) is 24.2 Å². The Kier molecular flexibility index (Phi) is 4.18. The van der Waals surface area contributed by atoms with Crippen LogP contribution < -0.4 is 0 Å². The molecule has 0 bridgehead atoms. The maximum atomic E-state index is 13.7. The number of ketones is 1. The van der Waals surface area contributed by atoms with E-state index in [-0.39, 0.29) is 17.7 Å². The Hall–Kier alpha value is -0.870. The van der Waals surface area contributed by atoms with Gasteiger partial charge in [0.15, 0.2) is 5.78 Å². The van der Waals surface area contributed by atoms with E-state index in [0.717, 1.165) is 25.2 Å². The topological polar surface area (TPSA) is 26.3 Å². The smallest absolute Gasteiger partial charge is 0.159 e. The Morgan fingerprint density at radius 1 is 1.59 bits per heavy atom. The fourth-order valence-electron chi connectivity index (χ4n) is 1.80. The van der Waals surface area contributed by atoms with E-state index in [2.05, 4.69) is 0 Å². The van der Waals surface area contributed by atoms with E-state index < -0.39 is 0 Å². The highest BCUT2D eigenvalue weighted by Crippen LogP contribution is 2.26. The van der Waals surface area contributed by atoms with Crippen LogP contribution in [0.2, 0.25) is 0 Å². The summed E-state index contributed by atoms with van der Waals surface area (Å²) in [5.41, 5.74) is 0.420. The first-order valence-electron chi connectivity index (χ1n) is 5.71. The van der Waals surface area contributed by atoms with Crippen molar-refractivity contribution in [3.63, 3.8) is 0 Å². The Morgan fingerprint density at radius 3 is 3.00 bits per heavy atom. The molecular weight excluding hydrogens is 239 g/mol. The van der Waals surface area contributed by atoms with E-state index in [1.165, 1.54) is 24.8 Å². The van der Waals surface area contributed by atoms with Crippen LogP contribution in [0.1, 0.15) is 30.1 Å². The molecule has 0 aliphatic carbocycles. The van der Waals surface area contributed by atoms with Gasteiger partial charge in [0.2, 0.25) is 0 Å². The van der Waals surface area contributed by atoms with Gasteiger partial charge in [-0.3, -0.25) is 4.79 Å². The number of carbonyl (C=O) groups is 1. The summed E-state index contributed by atoms with van der Waals surface area (Å²) >= 11 is 1.45. The van der Waals surface area contributed by atoms with Crippen molar-refractivity contribution in [3.05, 3.63) is 29.6 Å². The van der Waals surface area contributed by atoms with Crippen LogP contribution in [0.25, 0.3) is 0 Å². The standard InChI is InChI=1S/C13H15FO2S/c1-9(15)10-4-5-13(12(14)7-10)17-8-11-3-2-6-16-11/h4-5,7,11H,2-3,6,8H2,1H3. The van der Waals surface area contributed by atoms with Crippen LogP contribution >= 0.6 is 11.8 Å². The highest BCUT2D eigenvalue weighted by atomic mass is 32.2. The average Bonchev–Trinajstić information content (AvgIpc) is 2.80. The number of Topliss-reactive ketones (excluding diaryl/α,β-unsaturated/α-hetero) is 1. The summed E-state index contributed by atoms with van der Waals surface area (Å²) in [5.74, 6) is 0.344. The first kappa shape index (κ1) is 12.6. The molecule has 1 aliphatic heterocycles. The van der Waals surface area contributed by atoms with Crippen molar-refractivity contribution in [2.24, 2.45) is 0 Å². The van der Waals surface area contributed by atoms with Crippen LogP contribution in [0.15, 0.2) is 23.1 Å². The molecule has 1 aromatic carbocycles. The number of hydrogen-bond donors (Lipinski definition) is 0. The van der Waals surface area contributed by atoms with Gasteiger partial charge in [0.1, 0.15) is 5.82 Å². The Bertz CT molecular complexity index is 414. The maximum Gasteiger partial charge on any atom is 0.159 e. The van der Waals surface area contributed by atoms with Crippen molar-refractivity contribution in [2.45, 2.75) is 30.8 Å². The molecule has 0 amide bonds. The third-order valence-electron chi connectivity index (χ3n) is 2.79. The van der Waals surface area contributed by atoms with Gasteiger partial charge in [0, 0.05) is 22.8 Å². The van der Waals surface area contributed by atoms with Crippen molar-refractivity contribution in [1.82, 2.24) is 0 Å². The van der Waals surface area contributed by atoms with Crippen molar-refractivity contribution < 1.29 is 13.9 Å². The quantitative estimate of drug-likeness (QED) is 0.609. The molecule has 1 aliphatic rings. The molecule has 0 saturated carbocycles. The molecule has 2 nitrogen and oxygen atoms in total. The van der Waals surface area contributed by atoms with Gasteiger partial charge >= 0.3 is 0 Å². The summed E-state index contributed by atoms with van der Waals surface area (Å²) < 4.78 is 19.1. The Labute approximate surface area is 105 Å². The molecule has 0 spiro atoms. The first-order valence-corrected chi connectivity index (χ1v) is 6.70. The number of hydrogen-bond acceptors (Lipinski definition) is 3. The number of benzene rings is 1. The third-order valence-corrected chi connectivity index (χ3v) is 3.97. The summed E-state index contributed by atoms with van der Waals surface area (Å²) in [6.45, 7) is 2.25. The number of ether oxygens (including phenoxy) is 1. The van der Waals surface area contributed by atoms with Crippen LogP contribution in [0.3, 0.4) is 0 Å². The van der Waals surface area contributed by atoms with Crippen molar-refractivity contribution in [1.29, 1.82) is 0 Å². The van der Waals surface area contributed by atoms with Gasteiger partial charge in [-0.05, 0) is 31.9 Å². The molecule has 1 unspecified atom stereocenters. The zero-order valence-corrected chi connectivity index (χ0v) is 10.6. The molecule has 0 radical (unpaired) electrons. The number of thioether (sulfide) groups is 1. The minimum atomic E-state index is -0.319. The maximum absolute atomic E-state index is 13.7. The van der Waals surface area contributed by atoms with Crippen molar-refractivity contribution >= 4 is 17.5 Å². The average molecular weight is 254 g/mol. The molecule has 1 aromatic rings. The molecule has 2 rings (SSSR count). The largest absolute Gasteiger partial charge is 0.377 e. The normalized spacial score (nSPS) is 19.5. The predicted molar refractivity (Wildman–Crippen MR) is 66.1 cm³/mol. The number of rotatable bonds is 4. The van der Waals surface area contributed by atoms with E-state index in [1.807, 2.05) is 0 Å². The zero-order valence-electron chi connectivity index (χ0n) is 9.74. The van der Waals surface area contributed by atoms with E-state index in [0.29, 0.717) is 10.5 Å². The lowest BCUT2D eigenvalue weighted by Gasteiger charge is -2.09. The fourth-order valence-corrected chi connectivity index (χ4v) is 2.78. The molecule has 92 valence electrons. The van der Waals surface area contributed by atoms with Gasteiger partial charge in [-0.1, -0.05) is 6.07 Å². The summed E-state index contributed by atoms with van der Waals surface area (Å²) in [7, 11) is 0. The van der Waals surface area contributed by atoms with Gasteiger partial charge in [0.25, 0.3) is 0 Å². The summed E-state index contributed by atoms with van der Waals surface area (Å²) in [6.07, 6.45) is 2.39. The summed E-state index contributed by atoms with van der Waals surface area (Å²) in [5, 5.41) is 0. The highest BCUT2D eigenvalue weighted by molar-refractivity contribution is 7.99. The molecule has 0 aromatic heterocycles. The molecule has 1 heterocycles. The molecular formula is C13H15FO2S. The van der Waals surface area contributed by atoms with Gasteiger partial charge in [-0.2, -0.15) is 0 Å². The summed E-state index contributed by atoms with van der Waals surface area (Å²) in [6, 6.07) is 4.65. The SMILES string of the molecule is CC(=O)c1ccc(SCC2CCCO2)c(F)c1. The molecule has 0 N–H and O–H groups in total. The zero-order chi connectivity index (χ0) is 12.3. The Morgan fingerprint density at radius 2 is 2.41 bits per heavy atom. The van der Waals surface area contributed by atoms with Crippen LogP contribution in [0.5, 0.6) is 0 Å². The minimum Gasteiger partial charge on any atom is -0.377 e. The molecule has 4 heteroatoms. The van der Waals surface area contributed by atoms with Crippen LogP contribution in [-0.2, 0) is 4.74 Å². The monoisotopic (exact) mass is 254 g/mol. The second kappa shape index (κ2) is 5.65. The molecule has 1 saturated heterocycles. The minimum absolute atomic E-state index is 0.112. The van der Waals surface area contributed by atoms with Crippen molar-refractivity contribution in [3.8, 4) is 0 Å². The van der Waals surface area contributed by atoms with Crippen LogP contribution in [0.4, 0.5) is 4.39 Å². The second-order valence-corrected chi connectivity index (χ2v) is 5.21. The van der Waals surface area contributed by atoms with Gasteiger partial charge in [-0.15, -0.1) is 11.8 Å². The van der Waals surface area contributed by atoms with E-state index in [1.54, 1.807) is 12.1 Å². The highest BCUT2D eigenvalue weighted by Gasteiger charge is 2.16. The fraction of sp³-hybridized carbons (Fsp3) is 0.462. The van der Waals surface area contributed by atoms with Crippen molar-refractivity contribution in [2.75, 3.05) is 12.4 Å². The number of carbonyl (C=O) groups excluding carboxylic acids is 1. The number of halogens is 1. The lowest BCUT2D eigenvalue weighted by molar-refractivity contribution is 0.101. The molecule has 1 atom stereocenters. The van der Waals surface area contributed by atoms with Gasteiger partial charge < -0.3 is 4.74 Å². The van der Waals surface area contributed by atoms with E-state index >= 15 is 0 Å². The third kappa shape index (κ3) is 3.30. The lowest BCUT2D eigenvalue weighted by atomic mass is 10.1. The summed E-state index contributed by atoms with van der Waals surface area (Å²) in [4.78, 5) is 11.7. The second-order valence-electron chi connectivity index (χ2n) is 4.15. The van der Waals surface area contributed by atoms with Gasteiger partial charge in [-0.25, -0.2) is 4.39 Å². The first-order chi connectivity index (χ1) is 8.16. The molecule has 1 fully saturated rings. The molecule has 17 heavy (non-hydrogen) atoms. The predicted octanol–water partition coefficient (Wildman–Crippen LogP) is 3.30. The Balaban J connectivity index is 1.98. The van der Waals surface area contributed by atoms with Crippen LogP contribution in [0, 0.1) is 5.82 Å².